The lowest BCUT2D eigenvalue weighted by Gasteiger charge is -2.26. The van der Waals surface area contributed by atoms with Crippen LogP contribution in [0.2, 0.25) is 0 Å². The van der Waals surface area contributed by atoms with Gasteiger partial charge < -0.3 is 10.1 Å². The topological polar surface area (TPSA) is 21.3 Å². The number of hydrogen-bond acceptors (Lipinski definition) is 2. The molecular formula is C15H24INO. The van der Waals surface area contributed by atoms with Gasteiger partial charge in [0.1, 0.15) is 0 Å². The van der Waals surface area contributed by atoms with Gasteiger partial charge in [-0.2, -0.15) is 0 Å². The molecule has 0 heterocycles. The lowest BCUT2D eigenvalue weighted by molar-refractivity contribution is 0.170. The van der Waals surface area contributed by atoms with E-state index in [4.69, 9.17) is 4.74 Å². The molecule has 0 bridgehead atoms. The average Bonchev–Trinajstić information content (AvgIpc) is 2.38. The van der Waals surface area contributed by atoms with Gasteiger partial charge >= 0.3 is 0 Å². The third-order valence-electron chi connectivity index (χ3n) is 3.20. The monoisotopic (exact) mass is 361 g/mol. The molecule has 18 heavy (non-hydrogen) atoms. The van der Waals surface area contributed by atoms with Gasteiger partial charge in [-0.1, -0.05) is 32.0 Å². The maximum Gasteiger partial charge on any atom is 0.0465 e. The van der Waals surface area contributed by atoms with Crippen molar-refractivity contribution in [2.24, 2.45) is 5.92 Å². The highest BCUT2D eigenvalue weighted by atomic mass is 127. The molecule has 1 N–H and O–H groups in total. The van der Waals surface area contributed by atoms with Crippen LogP contribution < -0.4 is 5.32 Å². The smallest absolute Gasteiger partial charge is 0.0465 e. The van der Waals surface area contributed by atoms with Gasteiger partial charge in [0.2, 0.25) is 0 Å². The van der Waals surface area contributed by atoms with Gasteiger partial charge in [-0.05, 0) is 59.5 Å². The number of rotatable bonds is 8. The highest BCUT2D eigenvalue weighted by Gasteiger charge is 2.20. The van der Waals surface area contributed by atoms with E-state index in [9.17, 15) is 0 Å². The first-order valence-corrected chi connectivity index (χ1v) is 7.75. The SMILES string of the molecule is CCCNC(c1ccccc1I)C(C)CCOC. The molecule has 0 radical (unpaired) electrons. The summed E-state index contributed by atoms with van der Waals surface area (Å²) in [6.45, 7) is 6.40. The highest BCUT2D eigenvalue weighted by molar-refractivity contribution is 14.1. The fourth-order valence-electron chi connectivity index (χ4n) is 2.12. The second-order valence-corrected chi connectivity index (χ2v) is 5.87. The molecule has 0 saturated heterocycles. The predicted molar refractivity (Wildman–Crippen MR) is 85.9 cm³/mol. The van der Waals surface area contributed by atoms with Gasteiger partial charge in [-0.25, -0.2) is 0 Å². The van der Waals surface area contributed by atoms with Gasteiger partial charge in [0.25, 0.3) is 0 Å². The van der Waals surface area contributed by atoms with Crippen molar-refractivity contribution in [2.75, 3.05) is 20.3 Å². The van der Waals surface area contributed by atoms with Crippen LogP contribution in [0.25, 0.3) is 0 Å². The Balaban J connectivity index is 2.80. The Labute approximate surface area is 125 Å². The number of hydrogen-bond donors (Lipinski definition) is 1. The molecule has 3 heteroatoms. The summed E-state index contributed by atoms with van der Waals surface area (Å²) in [6, 6.07) is 9.06. The minimum Gasteiger partial charge on any atom is -0.385 e. The molecule has 0 aliphatic rings. The highest BCUT2D eigenvalue weighted by Crippen LogP contribution is 2.28. The second-order valence-electron chi connectivity index (χ2n) is 4.71. The van der Waals surface area contributed by atoms with Crippen molar-refractivity contribution in [3.63, 3.8) is 0 Å². The fraction of sp³-hybridized carbons (Fsp3) is 0.600. The van der Waals surface area contributed by atoms with Crippen molar-refractivity contribution < 1.29 is 4.74 Å². The van der Waals surface area contributed by atoms with Crippen LogP contribution in [0, 0.1) is 9.49 Å². The van der Waals surface area contributed by atoms with Crippen LogP contribution >= 0.6 is 22.6 Å². The molecule has 2 unspecified atom stereocenters. The molecule has 0 spiro atoms. The molecule has 0 saturated carbocycles. The summed E-state index contributed by atoms with van der Waals surface area (Å²) in [5, 5.41) is 3.67. The van der Waals surface area contributed by atoms with Gasteiger partial charge in [-0.3, -0.25) is 0 Å². The zero-order valence-corrected chi connectivity index (χ0v) is 13.7. The quantitative estimate of drug-likeness (QED) is 0.707. The Morgan fingerprint density at radius 1 is 1.33 bits per heavy atom. The zero-order valence-electron chi connectivity index (χ0n) is 11.6. The molecule has 0 fully saturated rings. The first-order chi connectivity index (χ1) is 8.70. The van der Waals surface area contributed by atoms with Crippen molar-refractivity contribution in [1.82, 2.24) is 5.32 Å². The summed E-state index contributed by atoms with van der Waals surface area (Å²) in [5.41, 5.74) is 1.41. The van der Waals surface area contributed by atoms with E-state index in [1.807, 2.05) is 0 Å². The molecule has 0 aliphatic carbocycles. The van der Waals surface area contributed by atoms with E-state index in [1.165, 1.54) is 9.13 Å². The van der Waals surface area contributed by atoms with Crippen molar-refractivity contribution in [2.45, 2.75) is 32.7 Å². The Morgan fingerprint density at radius 3 is 2.67 bits per heavy atom. The average molecular weight is 361 g/mol. The van der Waals surface area contributed by atoms with E-state index in [1.54, 1.807) is 7.11 Å². The van der Waals surface area contributed by atoms with Gasteiger partial charge in [0.15, 0.2) is 0 Å². The molecule has 102 valence electrons. The van der Waals surface area contributed by atoms with Gasteiger partial charge in [0.05, 0.1) is 0 Å². The predicted octanol–water partition coefficient (Wildman–Crippen LogP) is 4.00. The largest absolute Gasteiger partial charge is 0.385 e. The lowest BCUT2D eigenvalue weighted by atomic mass is 9.92. The standard InChI is InChI=1S/C15H24INO/c1-4-10-17-15(12(2)9-11-18-3)13-7-5-6-8-14(13)16/h5-8,12,15,17H,4,9-11H2,1-3H3. The number of methoxy groups -OCH3 is 1. The third kappa shape index (κ3) is 4.86. The normalized spacial score (nSPS) is 14.4. The number of ether oxygens (including phenoxy) is 1. The van der Waals surface area contributed by atoms with Crippen LogP contribution in [0.15, 0.2) is 24.3 Å². The molecule has 0 amide bonds. The molecule has 1 aromatic rings. The van der Waals surface area contributed by atoms with E-state index in [2.05, 4.69) is 66.0 Å². The van der Waals surface area contributed by atoms with Crippen LogP contribution in [0.5, 0.6) is 0 Å². The van der Waals surface area contributed by atoms with E-state index in [0.717, 1.165) is 26.0 Å². The minimum absolute atomic E-state index is 0.424. The number of nitrogens with one attached hydrogen (secondary N) is 1. The van der Waals surface area contributed by atoms with E-state index >= 15 is 0 Å². The summed E-state index contributed by atoms with van der Waals surface area (Å²) >= 11 is 2.43. The van der Waals surface area contributed by atoms with Crippen LogP contribution in [0.3, 0.4) is 0 Å². The molecule has 1 rings (SSSR count). The van der Waals surface area contributed by atoms with Crippen LogP contribution in [0.4, 0.5) is 0 Å². The molecule has 0 aromatic heterocycles. The first kappa shape index (κ1) is 15.9. The maximum atomic E-state index is 5.20. The third-order valence-corrected chi connectivity index (χ3v) is 4.18. The summed E-state index contributed by atoms with van der Waals surface area (Å²) < 4.78 is 6.54. The van der Waals surface area contributed by atoms with Crippen molar-refractivity contribution >= 4 is 22.6 Å². The Hall–Kier alpha value is -0.130. The van der Waals surface area contributed by atoms with E-state index < -0.39 is 0 Å². The fourth-order valence-corrected chi connectivity index (χ4v) is 2.84. The molecular weight excluding hydrogens is 337 g/mol. The van der Waals surface area contributed by atoms with Crippen LogP contribution in [0.1, 0.15) is 38.3 Å². The van der Waals surface area contributed by atoms with Crippen LogP contribution in [-0.2, 0) is 4.74 Å². The van der Waals surface area contributed by atoms with E-state index in [-0.39, 0.29) is 0 Å². The minimum atomic E-state index is 0.424. The van der Waals surface area contributed by atoms with Crippen LogP contribution in [-0.4, -0.2) is 20.3 Å². The van der Waals surface area contributed by atoms with Gasteiger partial charge in [-0.15, -0.1) is 0 Å². The molecule has 2 nitrogen and oxygen atoms in total. The summed E-state index contributed by atoms with van der Waals surface area (Å²) in [7, 11) is 1.77. The maximum absolute atomic E-state index is 5.20. The van der Waals surface area contributed by atoms with Crippen molar-refractivity contribution in [1.29, 1.82) is 0 Å². The zero-order chi connectivity index (χ0) is 13.4. The van der Waals surface area contributed by atoms with E-state index in [0.29, 0.717) is 12.0 Å². The van der Waals surface area contributed by atoms with Crippen molar-refractivity contribution in [3.05, 3.63) is 33.4 Å². The molecule has 1 aromatic carbocycles. The summed E-state index contributed by atoms with van der Waals surface area (Å²) in [6.07, 6.45) is 2.25. The Bertz CT molecular complexity index is 343. The first-order valence-electron chi connectivity index (χ1n) is 6.67. The molecule has 0 aliphatic heterocycles. The number of benzene rings is 1. The summed E-state index contributed by atoms with van der Waals surface area (Å²) in [4.78, 5) is 0. The molecule has 2 atom stereocenters. The lowest BCUT2D eigenvalue weighted by Crippen LogP contribution is -2.29. The Morgan fingerprint density at radius 2 is 2.06 bits per heavy atom. The van der Waals surface area contributed by atoms with Gasteiger partial charge in [0, 0.05) is 23.3 Å². The number of halogens is 1. The summed E-state index contributed by atoms with van der Waals surface area (Å²) in [5.74, 6) is 0.576. The second kappa shape index (κ2) is 8.88. The Kier molecular flexibility index (Phi) is 7.86. The van der Waals surface area contributed by atoms with Crippen molar-refractivity contribution in [3.8, 4) is 0 Å².